The van der Waals surface area contributed by atoms with Gasteiger partial charge in [-0.2, -0.15) is 0 Å². The van der Waals surface area contributed by atoms with Gasteiger partial charge < -0.3 is 34.9 Å². The number of ether oxygens (including phenoxy) is 2. The molecule has 4 heterocycles. The Morgan fingerprint density at radius 1 is 1.00 bits per heavy atom. The number of rotatable bonds is 3. The van der Waals surface area contributed by atoms with Crippen molar-refractivity contribution in [2.24, 2.45) is 4.52 Å². The number of hydrogen-bond donors (Lipinski definition) is 7. The Morgan fingerprint density at radius 2 is 1.51 bits per heavy atom. The number of aliphatic hydroxyl groups excluding tert-OH is 4. The predicted octanol–water partition coefficient (Wildman–Crippen LogP) is -0.870. The molecule has 2 aromatic rings. The van der Waals surface area contributed by atoms with Gasteiger partial charge in [0.2, 0.25) is 0 Å². The second-order valence-corrected chi connectivity index (χ2v) is 8.56. The molecule has 2 fully saturated rings. The number of aliphatic hydroxyl groups is 4. The smallest absolute Gasteiger partial charge is 0.330 e. The number of nitrogens with one attached hydrogen (secondary N) is 3. The van der Waals surface area contributed by atoms with Crippen molar-refractivity contribution in [2.75, 3.05) is 13.2 Å². The molecule has 2 aliphatic rings. The van der Waals surface area contributed by atoms with Crippen molar-refractivity contribution < 1.29 is 62.6 Å². The molecule has 0 aromatic carbocycles. The summed E-state index contributed by atoms with van der Waals surface area (Å²) in [5.74, 6) is 0. The van der Waals surface area contributed by atoms with E-state index in [1.54, 1.807) is 0 Å². The zero-order chi connectivity index (χ0) is 27.3. The van der Waals surface area contributed by atoms with Crippen LogP contribution < -0.4 is 22.5 Å². The fourth-order valence-electron chi connectivity index (χ4n) is 3.19. The van der Waals surface area contributed by atoms with Crippen LogP contribution in [0.2, 0.25) is 0 Å². The molecule has 221 valence electrons. The van der Waals surface area contributed by atoms with Gasteiger partial charge in [-0.25, -0.2) is 9.59 Å². The summed E-state index contributed by atoms with van der Waals surface area (Å²) in [6.07, 6.45) is 0.568. The van der Waals surface area contributed by atoms with E-state index in [4.69, 9.17) is 24.8 Å². The molecule has 15 nitrogen and oxygen atoms in total. The molecule has 0 spiro atoms. The molecule has 39 heavy (non-hydrogen) atoms. The van der Waals surface area contributed by atoms with Crippen molar-refractivity contribution in [3.8, 4) is 0 Å². The van der Waals surface area contributed by atoms with Gasteiger partial charge in [0.05, 0.1) is 31.5 Å². The van der Waals surface area contributed by atoms with Crippen LogP contribution in [0.3, 0.4) is 0 Å². The van der Waals surface area contributed by atoms with E-state index in [0.717, 1.165) is 0 Å². The second kappa shape index (κ2) is 22.4. The molecule has 0 amide bonds. The topological polar surface area (TPSA) is 232 Å². The van der Waals surface area contributed by atoms with E-state index in [1.807, 2.05) is 11.9 Å². The summed E-state index contributed by atoms with van der Waals surface area (Å²) in [6.45, 7) is 1.50. The Morgan fingerprint density at radius 3 is 1.87 bits per heavy atom. The molecule has 7 atom stereocenters. The largest absolute Gasteiger partial charge is 0.394 e. The van der Waals surface area contributed by atoms with Crippen LogP contribution in [-0.2, 0) is 42.2 Å². The van der Waals surface area contributed by atoms with E-state index in [0.29, 0.717) is 6.42 Å². The first kappa shape index (κ1) is 42.2. The van der Waals surface area contributed by atoms with E-state index in [1.165, 1.54) is 29.1 Å². The van der Waals surface area contributed by atoms with Gasteiger partial charge in [0.25, 0.3) is 11.1 Å². The number of aromatic amines is 3. The van der Waals surface area contributed by atoms with E-state index >= 15 is 0 Å². The molecule has 4 rings (SSSR count). The minimum Gasteiger partial charge on any atom is -0.394 e. The first-order valence-corrected chi connectivity index (χ1v) is 11.6. The van der Waals surface area contributed by atoms with Gasteiger partial charge in [0.1, 0.15) is 18.4 Å². The fourth-order valence-corrected chi connectivity index (χ4v) is 3.19. The van der Waals surface area contributed by atoms with Crippen molar-refractivity contribution >= 4 is 18.4 Å². The van der Waals surface area contributed by atoms with E-state index < -0.39 is 41.5 Å². The molecular weight excluding hydrogens is 633 g/mol. The van der Waals surface area contributed by atoms with E-state index in [9.17, 15) is 24.3 Å². The van der Waals surface area contributed by atoms with Crippen molar-refractivity contribution in [1.82, 2.24) is 19.5 Å². The first-order valence-electron chi connectivity index (χ1n) is 10.6. The van der Waals surface area contributed by atoms with Crippen LogP contribution in [0.1, 0.15) is 40.8 Å². The summed E-state index contributed by atoms with van der Waals surface area (Å²) in [5.41, 5.74) is -1.94. The van der Waals surface area contributed by atoms with Gasteiger partial charge in [-0.15, -0.1) is 0 Å². The number of aromatic nitrogens is 4. The Kier molecular flexibility index (Phi) is 24.3. The summed E-state index contributed by atoms with van der Waals surface area (Å²) >= 11 is 0. The van der Waals surface area contributed by atoms with Crippen LogP contribution in [0.4, 0.5) is 0 Å². The maximum absolute atomic E-state index is 11.4. The van der Waals surface area contributed by atoms with Crippen LogP contribution in [0.5, 0.6) is 0 Å². The maximum atomic E-state index is 11.4. The van der Waals surface area contributed by atoms with Crippen molar-refractivity contribution in [3.63, 3.8) is 0 Å². The third-order valence-corrected chi connectivity index (χ3v) is 4.82. The molecular formula is C21H39N5O10P2Y. The van der Waals surface area contributed by atoms with Crippen LogP contribution in [0.15, 0.2) is 48.2 Å². The van der Waals surface area contributed by atoms with Gasteiger partial charge in [-0.05, 0) is 25.3 Å². The van der Waals surface area contributed by atoms with Gasteiger partial charge in [-0.1, -0.05) is 14.9 Å². The fraction of sp³-hybridized carbons (Fsp3) is 0.619. The third-order valence-electron chi connectivity index (χ3n) is 4.82. The van der Waals surface area contributed by atoms with Gasteiger partial charge in [0, 0.05) is 70.1 Å². The van der Waals surface area contributed by atoms with Crippen molar-refractivity contribution in [3.05, 3.63) is 66.2 Å². The molecule has 2 aromatic heterocycles. The number of hydrogen-bond acceptors (Lipinski definition) is 11. The van der Waals surface area contributed by atoms with Gasteiger partial charge in [-0.3, -0.25) is 28.6 Å². The van der Waals surface area contributed by atoms with E-state index in [2.05, 4.69) is 32.9 Å². The monoisotopic (exact) mass is 672 g/mol. The molecule has 0 bridgehead atoms. The normalized spacial score (nSPS) is 24.4. The molecule has 0 saturated carbocycles. The summed E-state index contributed by atoms with van der Waals surface area (Å²) in [5, 5.41) is 36.0. The molecule has 2 aliphatic heterocycles. The van der Waals surface area contributed by atoms with Gasteiger partial charge in [0.15, 0.2) is 0 Å². The molecule has 2 saturated heterocycles. The molecule has 1 radical (unpaired) electrons. The summed E-state index contributed by atoms with van der Waals surface area (Å²) < 4.78 is 14.8. The maximum Gasteiger partial charge on any atom is 0.330 e. The van der Waals surface area contributed by atoms with Gasteiger partial charge >= 0.3 is 11.4 Å². The molecule has 7 N–H and O–H groups in total. The van der Waals surface area contributed by atoms with Crippen LogP contribution in [-0.4, -0.2) is 83.7 Å². The molecule has 0 aliphatic carbocycles. The number of H-pyrrole nitrogens is 3. The van der Waals surface area contributed by atoms with Crippen molar-refractivity contribution in [2.45, 2.75) is 71.4 Å². The van der Waals surface area contributed by atoms with Crippen LogP contribution in [0, 0.1) is 0 Å². The summed E-state index contributed by atoms with van der Waals surface area (Å²) in [6, 6.07) is 2.44. The Bertz CT molecular complexity index is 1140. The standard InChI is InChI=1S/C9H12N2O5.C6H12O3.C4H4N2O2.2CH4.H3NP2.Y/c12-4-6-5(13)3-8(16-6)11-2-1-7(14)10-9(11)15;1-4-2-5(8)6(3-7)9-4;7-3-1-2-5-4(8)6-3;;;2-1-3;/h1-2,5-6,8,12-13H,3-4H2,(H,10,14,15);4-8H,2-3H2,1H3;1-2H,(H2,5,6,7,8);2*1H4;2H,3H2;/t5?,6-,8-;4-,5?,6-;;;;;/m11...../s1. The average molecular weight is 672 g/mol. The van der Waals surface area contributed by atoms with Crippen molar-refractivity contribution in [1.29, 1.82) is 0 Å². The van der Waals surface area contributed by atoms with Crippen LogP contribution >= 0.6 is 18.4 Å². The minimum atomic E-state index is -0.811. The first-order chi connectivity index (χ1) is 17.1. The quantitative estimate of drug-likeness (QED) is 0.199. The summed E-state index contributed by atoms with van der Waals surface area (Å²) in [4.78, 5) is 49.0. The number of nitrogens with zero attached hydrogens (tertiary/aromatic N) is 2. The average Bonchev–Trinajstić information content (AvgIpc) is 3.35. The Balaban J connectivity index is -0.000000487. The summed E-state index contributed by atoms with van der Waals surface area (Å²) in [7, 11) is 4.89. The van der Waals surface area contributed by atoms with Crippen LogP contribution in [0.25, 0.3) is 0 Å². The zero-order valence-corrected chi connectivity index (χ0v) is 24.9. The Hall–Kier alpha value is -1.25. The Labute approximate surface area is 254 Å². The second-order valence-electron chi connectivity index (χ2n) is 7.53. The minimum absolute atomic E-state index is 0. The SMILES string of the molecule is C.C.C[C@@H]1CC(O)[C@@H](CO)O1.O=c1cc[nH]c(=O)[nH]1.O=c1ccn([C@H]2CC(O)[C@@H](CO)O2)c(=O)[nH]1.P=NP.[Y]. The molecule has 18 heteroatoms. The molecule has 3 unspecified atom stereocenters. The zero-order valence-electron chi connectivity index (χ0n) is 19.9. The predicted molar refractivity (Wildman–Crippen MR) is 147 cm³/mol. The third kappa shape index (κ3) is 15.4. The van der Waals surface area contributed by atoms with E-state index in [-0.39, 0.29) is 85.0 Å².